The lowest BCUT2D eigenvalue weighted by molar-refractivity contribution is -0.122. The average Bonchev–Trinajstić information content (AvgIpc) is 2.84. The molecule has 0 saturated carbocycles. The molecule has 2 heterocycles. The SMILES string of the molecule is CCCCN1C(=O)/C(=C\c2csc(Br)c2)NC1=S. The van der Waals surface area contributed by atoms with Crippen molar-refractivity contribution < 1.29 is 4.79 Å². The van der Waals surface area contributed by atoms with Gasteiger partial charge < -0.3 is 5.32 Å². The number of nitrogens with one attached hydrogen (secondary N) is 1. The van der Waals surface area contributed by atoms with Gasteiger partial charge in [0.2, 0.25) is 0 Å². The molecule has 1 saturated heterocycles. The minimum atomic E-state index is -0.0317. The highest BCUT2D eigenvalue weighted by Crippen LogP contribution is 2.23. The fraction of sp³-hybridized carbons (Fsp3) is 0.333. The molecule has 2 rings (SSSR count). The molecule has 0 unspecified atom stereocenters. The molecule has 96 valence electrons. The third kappa shape index (κ3) is 2.99. The Kier molecular flexibility index (Phi) is 4.53. The molecule has 0 aliphatic carbocycles. The molecule has 1 N–H and O–H groups in total. The van der Waals surface area contributed by atoms with Crippen molar-refractivity contribution in [2.24, 2.45) is 0 Å². The van der Waals surface area contributed by atoms with E-state index < -0.39 is 0 Å². The first-order chi connectivity index (χ1) is 8.61. The second-order valence-corrected chi connectivity index (χ2v) is 6.66. The van der Waals surface area contributed by atoms with Gasteiger partial charge in [-0.1, -0.05) is 13.3 Å². The van der Waals surface area contributed by atoms with Gasteiger partial charge in [0, 0.05) is 6.54 Å². The van der Waals surface area contributed by atoms with E-state index in [9.17, 15) is 4.79 Å². The fourth-order valence-electron chi connectivity index (χ4n) is 1.66. The average molecular weight is 345 g/mol. The second kappa shape index (κ2) is 5.95. The van der Waals surface area contributed by atoms with Gasteiger partial charge in [-0.25, -0.2) is 0 Å². The summed E-state index contributed by atoms with van der Waals surface area (Å²) >= 11 is 10.2. The van der Waals surface area contributed by atoms with Gasteiger partial charge in [0.15, 0.2) is 5.11 Å². The molecule has 1 aliphatic rings. The van der Waals surface area contributed by atoms with Crippen molar-refractivity contribution in [2.45, 2.75) is 19.8 Å². The summed E-state index contributed by atoms with van der Waals surface area (Å²) in [5, 5.41) is 5.48. The Labute approximate surface area is 124 Å². The van der Waals surface area contributed by atoms with Crippen molar-refractivity contribution in [3.63, 3.8) is 0 Å². The smallest absolute Gasteiger partial charge is 0.276 e. The van der Waals surface area contributed by atoms with Crippen molar-refractivity contribution in [3.05, 3.63) is 26.5 Å². The van der Waals surface area contributed by atoms with E-state index in [1.807, 2.05) is 17.5 Å². The molecule has 1 aromatic rings. The van der Waals surface area contributed by atoms with Gasteiger partial charge in [-0.3, -0.25) is 9.69 Å². The number of nitrogens with zero attached hydrogens (tertiary/aromatic N) is 1. The second-order valence-electron chi connectivity index (χ2n) is 3.98. The Morgan fingerprint density at radius 3 is 3.00 bits per heavy atom. The van der Waals surface area contributed by atoms with Gasteiger partial charge in [0.05, 0.1) is 3.79 Å². The lowest BCUT2D eigenvalue weighted by atomic mass is 10.2. The van der Waals surface area contributed by atoms with Crippen LogP contribution in [0.2, 0.25) is 0 Å². The summed E-state index contributed by atoms with van der Waals surface area (Å²) in [4.78, 5) is 13.8. The summed E-state index contributed by atoms with van der Waals surface area (Å²) in [7, 11) is 0. The Balaban J connectivity index is 2.14. The number of amides is 1. The minimum absolute atomic E-state index is 0.0317. The van der Waals surface area contributed by atoms with Crippen LogP contribution in [0.5, 0.6) is 0 Å². The molecule has 0 radical (unpaired) electrons. The first kappa shape index (κ1) is 13.7. The molecule has 1 amide bonds. The summed E-state index contributed by atoms with van der Waals surface area (Å²) in [5.74, 6) is -0.0317. The Hall–Kier alpha value is -0.720. The van der Waals surface area contributed by atoms with Crippen LogP contribution in [-0.4, -0.2) is 22.5 Å². The first-order valence-electron chi connectivity index (χ1n) is 5.70. The van der Waals surface area contributed by atoms with Crippen LogP contribution >= 0.6 is 39.5 Å². The number of halogens is 1. The first-order valence-corrected chi connectivity index (χ1v) is 7.78. The van der Waals surface area contributed by atoms with Crippen molar-refractivity contribution in [2.75, 3.05) is 6.54 Å². The van der Waals surface area contributed by atoms with Gasteiger partial charge in [0.25, 0.3) is 5.91 Å². The molecule has 1 fully saturated rings. The van der Waals surface area contributed by atoms with E-state index in [1.54, 1.807) is 16.2 Å². The maximum absolute atomic E-state index is 12.1. The number of carbonyl (C=O) groups is 1. The normalized spacial score (nSPS) is 17.7. The van der Waals surface area contributed by atoms with Gasteiger partial charge in [-0.2, -0.15) is 0 Å². The number of thiocarbonyl (C=S) groups is 1. The van der Waals surface area contributed by atoms with E-state index in [0.29, 0.717) is 17.4 Å². The molecule has 0 bridgehead atoms. The van der Waals surface area contributed by atoms with E-state index in [2.05, 4.69) is 28.2 Å². The quantitative estimate of drug-likeness (QED) is 0.671. The number of rotatable bonds is 4. The van der Waals surface area contributed by atoms with Crippen LogP contribution < -0.4 is 5.32 Å². The molecule has 1 aromatic heterocycles. The standard InChI is InChI=1S/C12H13BrN2OS2/c1-2-3-4-15-11(16)9(14-12(15)17)5-8-6-10(13)18-7-8/h5-7H,2-4H2,1H3,(H,14,17)/b9-5+. The van der Waals surface area contributed by atoms with Crippen molar-refractivity contribution in [1.29, 1.82) is 0 Å². The Morgan fingerprint density at radius 1 is 1.61 bits per heavy atom. The van der Waals surface area contributed by atoms with Gasteiger partial charge in [-0.15, -0.1) is 11.3 Å². The van der Waals surface area contributed by atoms with Crippen LogP contribution in [0.15, 0.2) is 20.9 Å². The summed E-state index contributed by atoms with van der Waals surface area (Å²) in [6.07, 6.45) is 3.84. The molecule has 0 spiro atoms. The maximum atomic E-state index is 12.1. The molecule has 6 heteroatoms. The lowest BCUT2D eigenvalue weighted by Gasteiger charge is -2.12. The van der Waals surface area contributed by atoms with E-state index in [1.165, 1.54) is 0 Å². The highest BCUT2D eigenvalue weighted by Gasteiger charge is 2.29. The number of unbranched alkanes of at least 4 members (excludes halogenated alkanes) is 1. The lowest BCUT2D eigenvalue weighted by Crippen LogP contribution is -2.31. The zero-order chi connectivity index (χ0) is 13.1. The zero-order valence-corrected chi connectivity index (χ0v) is 13.1. The van der Waals surface area contributed by atoms with E-state index in [-0.39, 0.29) is 5.91 Å². The molecule has 18 heavy (non-hydrogen) atoms. The van der Waals surface area contributed by atoms with E-state index >= 15 is 0 Å². The molecule has 0 atom stereocenters. The van der Waals surface area contributed by atoms with Crippen LogP contribution in [-0.2, 0) is 4.79 Å². The predicted octanol–water partition coefficient (Wildman–Crippen LogP) is 3.37. The fourth-order valence-corrected chi connectivity index (χ4v) is 3.07. The number of carbonyl (C=O) groups excluding carboxylic acids is 1. The highest BCUT2D eigenvalue weighted by molar-refractivity contribution is 9.11. The van der Waals surface area contributed by atoms with Gasteiger partial charge in [0.1, 0.15) is 5.70 Å². The minimum Gasteiger partial charge on any atom is -0.328 e. The molecular weight excluding hydrogens is 332 g/mol. The summed E-state index contributed by atoms with van der Waals surface area (Å²) in [6, 6.07) is 1.98. The Morgan fingerprint density at radius 2 is 2.39 bits per heavy atom. The van der Waals surface area contributed by atoms with Crippen LogP contribution in [0.3, 0.4) is 0 Å². The summed E-state index contributed by atoms with van der Waals surface area (Å²) < 4.78 is 1.05. The van der Waals surface area contributed by atoms with Crippen LogP contribution in [0.25, 0.3) is 6.08 Å². The number of hydrogen-bond donors (Lipinski definition) is 1. The molecule has 0 aromatic carbocycles. The summed E-state index contributed by atoms with van der Waals surface area (Å²) in [6.45, 7) is 2.78. The Bertz CT molecular complexity index is 510. The van der Waals surface area contributed by atoms with Crippen LogP contribution in [0.4, 0.5) is 0 Å². The van der Waals surface area contributed by atoms with Crippen molar-refractivity contribution in [1.82, 2.24) is 10.2 Å². The summed E-state index contributed by atoms with van der Waals surface area (Å²) in [5.41, 5.74) is 1.56. The van der Waals surface area contributed by atoms with E-state index in [0.717, 1.165) is 22.2 Å². The van der Waals surface area contributed by atoms with Gasteiger partial charge >= 0.3 is 0 Å². The third-order valence-electron chi connectivity index (χ3n) is 2.60. The van der Waals surface area contributed by atoms with Crippen LogP contribution in [0.1, 0.15) is 25.3 Å². The van der Waals surface area contributed by atoms with Gasteiger partial charge in [-0.05, 0) is 57.7 Å². The van der Waals surface area contributed by atoms with Crippen LogP contribution in [0, 0.1) is 0 Å². The highest BCUT2D eigenvalue weighted by atomic mass is 79.9. The van der Waals surface area contributed by atoms with Crippen molar-refractivity contribution >= 4 is 56.6 Å². The molecular formula is C12H13BrN2OS2. The zero-order valence-electron chi connectivity index (χ0n) is 9.90. The largest absolute Gasteiger partial charge is 0.328 e. The predicted molar refractivity (Wildman–Crippen MR) is 82.4 cm³/mol. The number of thiophene rings is 1. The monoisotopic (exact) mass is 344 g/mol. The topological polar surface area (TPSA) is 32.3 Å². The van der Waals surface area contributed by atoms with Crippen molar-refractivity contribution in [3.8, 4) is 0 Å². The third-order valence-corrected chi connectivity index (χ3v) is 4.44. The number of hydrogen-bond acceptors (Lipinski definition) is 3. The van der Waals surface area contributed by atoms with E-state index in [4.69, 9.17) is 12.2 Å². The molecule has 3 nitrogen and oxygen atoms in total. The molecule has 1 aliphatic heterocycles. The maximum Gasteiger partial charge on any atom is 0.276 e.